The standard InChI is InChI=1S/C15H10ClF3N4O2/c1-7-4-12(24)23-13(21-7)9(6-20-23)14(25)22-11-5-8(15(17,18)19)2-3-10(11)16/h2-6,20H,1H3,(H,22,25). The number of aryl methyl sites for hydroxylation is 1. The summed E-state index contributed by atoms with van der Waals surface area (Å²) < 4.78 is 39.4. The van der Waals surface area contributed by atoms with Crippen molar-refractivity contribution < 1.29 is 18.0 Å². The molecule has 25 heavy (non-hydrogen) atoms. The van der Waals surface area contributed by atoms with Crippen LogP contribution in [-0.2, 0) is 6.18 Å². The van der Waals surface area contributed by atoms with Crippen LogP contribution in [0.4, 0.5) is 18.9 Å². The summed E-state index contributed by atoms with van der Waals surface area (Å²) in [4.78, 5) is 28.3. The van der Waals surface area contributed by atoms with Crippen molar-refractivity contribution >= 4 is 28.8 Å². The van der Waals surface area contributed by atoms with Gasteiger partial charge >= 0.3 is 6.18 Å². The lowest BCUT2D eigenvalue weighted by molar-refractivity contribution is -0.137. The monoisotopic (exact) mass is 370 g/mol. The highest BCUT2D eigenvalue weighted by Crippen LogP contribution is 2.34. The number of hydrogen-bond donors (Lipinski definition) is 2. The van der Waals surface area contributed by atoms with Crippen LogP contribution in [0.2, 0.25) is 5.02 Å². The number of nitrogens with zero attached hydrogens (tertiary/aromatic N) is 2. The zero-order valence-electron chi connectivity index (χ0n) is 12.6. The number of nitrogens with one attached hydrogen (secondary N) is 2. The largest absolute Gasteiger partial charge is 0.416 e. The second-order valence-electron chi connectivity index (χ2n) is 5.23. The highest BCUT2D eigenvalue weighted by atomic mass is 35.5. The highest BCUT2D eigenvalue weighted by Gasteiger charge is 2.31. The molecule has 0 fully saturated rings. The minimum absolute atomic E-state index is 0.00530. The lowest BCUT2D eigenvalue weighted by Crippen LogP contribution is -2.17. The normalized spacial score (nSPS) is 11.7. The molecular formula is C15H10ClF3N4O2. The highest BCUT2D eigenvalue weighted by molar-refractivity contribution is 6.34. The molecule has 130 valence electrons. The number of halogens is 4. The summed E-state index contributed by atoms with van der Waals surface area (Å²) in [5, 5.41) is 4.83. The van der Waals surface area contributed by atoms with Gasteiger partial charge in [0.15, 0.2) is 5.65 Å². The minimum atomic E-state index is -4.57. The van der Waals surface area contributed by atoms with Crippen molar-refractivity contribution in [2.45, 2.75) is 13.1 Å². The number of benzene rings is 1. The number of fused-ring (bicyclic) bond motifs is 1. The SMILES string of the molecule is Cc1cc(=O)n2[nH]cc(C(=O)Nc3cc(C(F)(F)F)ccc3Cl)c2n1. The smallest absolute Gasteiger partial charge is 0.320 e. The third kappa shape index (κ3) is 3.22. The number of alkyl halides is 3. The van der Waals surface area contributed by atoms with E-state index in [-0.39, 0.29) is 21.9 Å². The van der Waals surface area contributed by atoms with E-state index >= 15 is 0 Å². The number of aromatic amines is 1. The third-order valence-corrected chi connectivity index (χ3v) is 3.74. The number of rotatable bonds is 2. The van der Waals surface area contributed by atoms with Crippen LogP contribution in [0.1, 0.15) is 21.6 Å². The topological polar surface area (TPSA) is 79.3 Å². The summed E-state index contributed by atoms with van der Waals surface area (Å²) in [6.07, 6.45) is -3.34. The van der Waals surface area contributed by atoms with Gasteiger partial charge in [-0.1, -0.05) is 11.6 Å². The van der Waals surface area contributed by atoms with E-state index in [1.807, 2.05) is 0 Å². The van der Waals surface area contributed by atoms with Crippen LogP contribution in [-0.4, -0.2) is 20.5 Å². The molecule has 0 aliphatic heterocycles. The van der Waals surface area contributed by atoms with Crippen LogP contribution in [0.5, 0.6) is 0 Å². The number of carbonyl (C=O) groups is 1. The van der Waals surface area contributed by atoms with Gasteiger partial charge in [-0.05, 0) is 25.1 Å². The van der Waals surface area contributed by atoms with Crippen LogP contribution < -0.4 is 10.9 Å². The van der Waals surface area contributed by atoms with E-state index in [1.54, 1.807) is 6.92 Å². The van der Waals surface area contributed by atoms with Gasteiger partial charge in [-0.25, -0.2) is 9.50 Å². The van der Waals surface area contributed by atoms with Crippen molar-refractivity contribution in [1.29, 1.82) is 0 Å². The van der Waals surface area contributed by atoms with Gasteiger partial charge in [-0.15, -0.1) is 0 Å². The van der Waals surface area contributed by atoms with Crippen LogP contribution in [0.25, 0.3) is 5.65 Å². The van der Waals surface area contributed by atoms with Crippen LogP contribution >= 0.6 is 11.6 Å². The predicted octanol–water partition coefficient (Wildman–Crippen LogP) is 3.26. The van der Waals surface area contributed by atoms with Crippen molar-refractivity contribution in [3.63, 3.8) is 0 Å². The molecule has 1 aromatic carbocycles. The molecule has 3 aromatic rings. The first-order valence-electron chi connectivity index (χ1n) is 6.92. The zero-order valence-corrected chi connectivity index (χ0v) is 13.4. The molecule has 0 spiro atoms. The number of hydrogen-bond acceptors (Lipinski definition) is 3. The van der Waals surface area contributed by atoms with E-state index in [0.717, 1.165) is 22.7 Å². The van der Waals surface area contributed by atoms with Crippen molar-refractivity contribution in [2.24, 2.45) is 0 Å². The average molecular weight is 371 g/mol. The quantitative estimate of drug-likeness (QED) is 0.726. The maximum Gasteiger partial charge on any atom is 0.416 e. The first-order chi connectivity index (χ1) is 11.7. The van der Waals surface area contributed by atoms with Gasteiger partial charge in [0, 0.05) is 18.0 Å². The average Bonchev–Trinajstić information content (AvgIpc) is 2.92. The first-order valence-corrected chi connectivity index (χ1v) is 7.30. The zero-order chi connectivity index (χ0) is 18.4. The maximum atomic E-state index is 12.8. The Kier molecular flexibility index (Phi) is 4.03. The van der Waals surface area contributed by atoms with Gasteiger partial charge in [0.25, 0.3) is 11.5 Å². The van der Waals surface area contributed by atoms with E-state index in [4.69, 9.17) is 11.6 Å². The van der Waals surface area contributed by atoms with E-state index in [0.29, 0.717) is 5.69 Å². The molecule has 0 radical (unpaired) electrons. The fraction of sp³-hybridized carbons (Fsp3) is 0.133. The van der Waals surface area contributed by atoms with Gasteiger partial charge in [0.1, 0.15) is 5.56 Å². The van der Waals surface area contributed by atoms with Crippen molar-refractivity contribution in [3.05, 3.63) is 62.7 Å². The molecule has 0 unspecified atom stereocenters. The van der Waals surface area contributed by atoms with E-state index in [2.05, 4.69) is 15.4 Å². The fourth-order valence-electron chi connectivity index (χ4n) is 2.25. The van der Waals surface area contributed by atoms with Gasteiger partial charge in [-0.3, -0.25) is 14.7 Å². The van der Waals surface area contributed by atoms with Crippen LogP contribution in [0.15, 0.2) is 35.3 Å². The summed E-state index contributed by atoms with van der Waals surface area (Å²) in [7, 11) is 0. The molecule has 6 nitrogen and oxygen atoms in total. The summed E-state index contributed by atoms with van der Waals surface area (Å²) in [5.41, 5.74) is -1.11. The summed E-state index contributed by atoms with van der Waals surface area (Å²) >= 11 is 5.86. The Morgan fingerprint density at radius 1 is 1.32 bits per heavy atom. The Balaban J connectivity index is 2.00. The Hall–Kier alpha value is -2.81. The van der Waals surface area contributed by atoms with Crippen molar-refractivity contribution in [1.82, 2.24) is 14.6 Å². The number of amides is 1. The molecule has 3 rings (SSSR count). The van der Waals surface area contributed by atoms with Crippen LogP contribution in [0, 0.1) is 6.92 Å². The molecule has 0 bridgehead atoms. The molecular weight excluding hydrogens is 361 g/mol. The van der Waals surface area contributed by atoms with Gasteiger partial charge in [-0.2, -0.15) is 13.2 Å². The molecule has 2 heterocycles. The molecule has 10 heteroatoms. The third-order valence-electron chi connectivity index (χ3n) is 3.41. The number of aromatic nitrogens is 3. The Morgan fingerprint density at radius 2 is 2.04 bits per heavy atom. The molecule has 2 N–H and O–H groups in total. The van der Waals surface area contributed by atoms with E-state index in [9.17, 15) is 22.8 Å². The van der Waals surface area contributed by atoms with Crippen LogP contribution in [0.3, 0.4) is 0 Å². The van der Waals surface area contributed by atoms with E-state index in [1.165, 1.54) is 12.3 Å². The van der Waals surface area contributed by atoms with Gasteiger partial charge < -0.3 is 5.32 Å². The molecule has 0 saturated heterocycles. The molecule has 0 aliphatic carbocycles. The Bertz CT molecular complexity index is 1040. The molecule has 0 atom stereocenters. The van der Waals surface area contributed by atoms with Gasteiger partial charge in [0.2, 0.25) is 0 Å². The second kappa shape index (κ2) is 5.92. The number of carbonyl (C=O) groups excluding carboxylic acids is 1. The fourth-order valence-corrected chi connectivity index (χ4v) is 2.41. The van der Waals surface area contributed by atoms with Crippen molar-refractivity contribution in [3.8, 4) is 0 Å². The maximum absolute atomic E-state index is 12.8. The molecule has 0 saturated carbocycles. The minimum Gasteiger partial charge on any atom is -0.320 e. The number of H-pyrrole nitrogens is 1. The lowest BCUT2D eigenvalue weighted by atomic mass is 10.2. The second-order valence-corrected chi connectivity index (χ2v) is 5.64. The van der Waals surface area contributed by atoms with E-state index < -0.39 is 23.2 Å². The summed E-state index contributed by atoms with van der Waals surface area (Å²) in [5.74, 6) is -0.752. The summed E-state index contributed by atoms with van der Waals surface area (Å²) in [6.45, 7) is 1.58. The molecule has 0 aliphatic rings. The molecule has 1 amide bonds. The number of anilines is 1. The Labute approximate surface area is 143 Å². The Morgan fingerprint density at radius 3 is 2.72 bits per heavy atom. The lowest BCUT2D eigenvalue weighted by Gasteiger charge is -2.11. The first kappa shape index (κ1) is 17.0. The molecule has 2 aromatic heterocycles. The van der Waals surface area contributed by atoms with Crippen molar-refractivity contribution in [2.75, 3.05) is 5.32 Å². The predicted molar refractivity (Wildman–Crippen MR) is 85.0 cm³/mol. The van der Waals surface area contributed by atoms with Gasteiger partial charge in [0.05, 0.1) is 16.3 Å². The summed E-state index contributed by atoms with van der Waals surface area (Å²) in [6, 6.07) is 3.87.